The van der Waals surface area contributed by atoms with Crippen molar-refractivity contribution in [1.82, 2.24) is 4.98 Å². The van der Waals surface area contributed by atoms with E-state index in [4.69, 9.17) is 15.2 Å². The fourth-order valence-electron chi connectivity index (χ4n) is 2.21. The predicted molar refractivity (Wildman–Crippen MR) is 82.1 cm³/mol. The number of methoxy groups -OCH3 is 2. The highest BCUT2D eigenvalue weighted by Gasteiger charge is 2.11. The quantitative estimate of drug-likeness (QED) is 0.782. The summed E-state index contributed by atoms with van der Waals surface area (Å²) in [5.74, 6) is 0. The van der Waals surface area contributed by atoms with Crippen molar-refractivity contribution in [3.05, 3.63) is 30.5 Å². The average molecular weight is 275 g/mol. The highest BCUT2D eigenvalue weighted by molar-refractivity contribution is 5.98. The van der Waals surface area contributed by atoms with E-state index in [9.17, 15) is 0 Å². The number of fused-ring (bicyclic) bond motifs is 1. The van der Waals surface area contributed by atoms with Crippen LogP contribution in [-0.2, 0) is 9.47 Å². The van der Waals surface area contributed by atoms with E-state index in [0.29, 0.717) is 18.9 Å². The minimum Gasteiger partial charge on any atom is -0.397 e. The van der Waals surface area contributed by atoms with Gasteiger partial charge in [0.15, 0.2) is 0 Å². The Kier molecular flexibility index (Phi) is 5.15. The first-order valence-electron chi connectivity index (χ1n) is 6.64. The fourth-order valence-corrected chi connectivity index (χ4v) is 2.21. The fraction of sp³-hybridized carbons (Fsp3) is 0.400. The second-order valence-corrected chi connectivity index (χ2v) is 4.55. The normalized spacial score (nSPS) is 10.9. The molecule has 2 rings (SSSR count). The molecule has 0 aliphatic heterocycles. The van der Waals surface area contributed by atoms with Crippen LogP contribution >= 0.6 is 0 Å². The summed E-state index contributed by atoms with van der Waals surface area (Å²) in [4.78, 5) is 6.60. The van der Waals surface area contributed by atoms with Gasteiger partial charge in [-0.15, -0.1) is 0 Å². The highest BCUT2D eigenvalue weighted by Crippen LogP contribution is 2.29. The first-order chi connectivity index (χ1) is 9.77. The molecule has 0 unspecified atom stereocenters. The summed E-state index contributed by atoms with van der Waals surface area (Å²) < 4.78 is 10.4. The minimum atomic E-state index is 0.663. The third-order valence-electron chi connectivity index (χ3n) is 3.25. The molecule has 20 heavy (non-hydrogen) atoms. The van der Waals surface area contributed by atoms with Crippen molar-refractivity contribution in [3.8, 4) is 0 Å². The van der Waals surface area contributed by atoms with E-state index in [1.807, 2.05) is 24.3 Å². The van der Waals surface area contributed by atoms with Gasteiger partial charge in [-0.1, -0.05) is 0 Å². The summed E-state index contributed by atoms with van der Waals surface area (Å²) in [5.41, 5.74) is 8.64. The van der Waals surface area contributed by atoms with E-state index in [0.717, 1.165) is 29.7 Å². The molecule has 0 radical (unpaired) electrons. The van der Waals surface area contributed by atoms with Gasteiger partial charge >= 0.3 is 0 Å². The third-order valence-corrected chi connectivity index (χ3v) is 3.25. The number of anilines is 2. The number of ether oxygens (including phenoxy) is 2. The molecule has 0 aliphatic carbocycles. The first kappa shape index (κ1) is 14.6. The van der Waals surface area contributed by atoms with Crippen LogP contribution in [-0.4, -0.2) is 45.5 Å². The zero-order chi connectivity index (χ0) is 14.4. The smallest absolute Gasteiger partial charge is 0.0951 e. The second kappa shape index (κ2) is 7.07. The summed E-state index contributed by atoms with van der Waals surface area (Å²) >= 11 is 0. The van der Waals surface area contributed by atoms with Gasteiger partial charge in [0, 0.05) is 44.6 Å². The topological polar surface area (TPSA) is 60.6 Å². The molecular weight excluding hydrogens is 254 g/mol. The zero-order valence-corrected chi connectivity index (χ0v) is 12.0. The molecule has 0 saturated carbocycles. The van der Waals surface area contributed by atoms with Gasteiger partial charge in [0.05, 0.1) is 24.4 Å². The first-order valence-corrected chi connectivity index (χ1v) is 6.64. The number of aromatic nitrogens is 1. The monoisotopic (exact) mass is 275 g/mol. The number of nitrogens with two attached hydrogens (primary N) is 1. The summed E-state index contributed by atoms with van der Waals surface area (Å²) in [6.07, 6.45) is 1.76. The van der Waals surface area contributed by atoms with Crippen LogP contribution in [0.1, 0.15) is 0 Å². The Hall–Kier alpha value is -1.85. The van der Waals surface area contributed by atoms with Gasteiger partial charge in [0.2, 0.25) is 0 Å². The van der Waals surface area contributed by atoms with E-state index in [1.54, 1.807) is 20.4 Å². The van der Waals surface area contributed by atoms with E-state index in [2.05, 4.69) is 9.88 Å². The molecule has 2 N–H and O–H groups in total. The molecule has 0 amide bonds. The number of rotatable bonds is 7. The van der Waals surface area contributed by atoms with Crippen LogP contribution in [0.25, 0.3) is 10.9 Å². The van der Waals surface area contributed by atoms with Gasteiger partial charge in [0.25, 0.3) is 0 Å². The van der Waals surface area contributed by atoms with E-state index in [1.165, 1.54) is 0 Å². The molecule has 0 spiro atoms. The van der Waals surface area contributed by atoms with Crippen LogP contribution in [0.5, 0.6) is 0 Å². The Balaban J connectivity index is 2.38. The lowest BCUT2D eigenvalue weighted by atomic mass is 10.1. The van der Waals surface area contributed by atoms with Gasteiger partial charge in [-0.3, -0.25) is 4.98 Å². The maximum atomic E-state index is 6.00. The van der Waals surface area contributed by atoms with Crippen LogP contribution in [0.3, 0.4) is 0 Å². The molecule has 2 aromatic rings. The van der Waals surface area contributed by atoms with Crippen LogP contribution < -0.4 is 10.6 Å². The summed E-state index contributed by atoms with van der Waals surface area (Å²) in [7, 11) is 3.41. The average Bonchev–Trinajstić information content (AvgIpc) is 2.49. The zero-order valence-electron chi connectivity index (χ0n) is 12.0. The molecule has 5 nitrogen and oxygen atoms in total. The molecule has 108 valence electrons. The Morgan fingerprint density at radius 1 is 1.10 bits per heavy atom. The SMILES string of the molecule is COCCN(CCOC)c1ccc(N)c2ncccc12. The van der Waals surface area contributed by atoms with Crippen molar-refractivity contribution in [1.29, 1.82) is 0 Å². The van der Waals surface area contributed by atoms with E-state index >= 15 is 0 Å². The van der Waals surface area contributed by atoms with Gasteiger partial charge in [-0.25, -0.2) is 0 Å². The largest absolute Gasteiger partial charge is 0.397 e. The van der Waals surface area contributed by atoms with Crippen LogP contribution in [0.2, 0.25) is 0 Å². The molecule has 1 aromatic heterocycles. The lowest BCUT2D eigenvalue weighted by Gasteiger charge is -2.25. The van der Waals surface area contributed by atoms with Gasteiger partial charge in [0.1, 0.15) is 0 Å². The van der Waals surface area contributed by atoms with Crippen LogP contribution in [0.15, 0.2) is 30.5 Å². The molecule has 5 heteroatoms. The van der Waals surface area contributed by atoms with Crippen molar-refractivity contribution >= 4 is 22.3 Å². The molecule has 0 aliphatic rings. The number of benzene rings is 1. The van der Waals surface area contributed by atoms with Crippen molar-refractivity contribution in [2.75, 3.05) is 51.2 Å². The Bertz CT molecular complexity index is 552. The van der Waals surface area contributed by atoms with E-state index < -0.39 is 0 Å². The maximum absolute atomic E-state index is 6.00. The van der Waals surface area contributed by atoms with Gasteiger partial charge < -0.3 is 20.1 Å². The number of pyridine rings is 1. The summed E-state index contributed by atoms with van der Waals surface area (Å²) in [5, 5.41) is 1.06. The molecule has 1 heterocycles. The Morgan fingerprint density at radius 3 is 2.45 bits per heavy atom. The molecular formula is C15H21N3O2. The predicted octanol–water partition coefficient (Wildman–Crippen LogP) is 1.92. The Labute approximate surface area is 119 Å². The summed E-state index contributed by atoms with van der Waals surface area (Å²) in [6.45, 7) is 2.92. The number of nitrogens with zero attached hydrogens (tertiary/aromatic N) is 2. The lowest BCUT2D eigenvalue weighted by molar-refractivity contribution is 0.190. The maximum Gasteiger partial charge on any atom is 0.0951 e. The number of hydrogen-bond acceptors (Lipinski definition) is 5. The van der Waals surface area contributed by atoms with Gasteiger partial charge in [-0.05, 0) is 24.3 Å². The summed E-state index contributed by atoms with van der Waals surface area (Å²) in [6, 6.07) is 7.90. The third kappa shape index (κ3) is 3.18. The lowest BCUT2D eigenvalue weighted by Crippen LogP contribution is -2.30. The van der Waals surface area contributed by atoms with E-state index in [-0.39, 0.29) is 0 Å². The van der Waals surface area contributed by atoms with Crippen molar-refractivity contribution in [3.63, 3.8) is 0 Å². The number of hydrogen-bond donors (Lipinski definition) is 1. The number of nitrogen functional groups attached to an aromatic ring is 1. The molecule has 0 fully saturated rings. The van der Waals surface area contributed by atoms with Gasteiger partial charge in [-0.2, -0.15) is 0 Å². The second-order valence-electron chi connectivity index (χ2n) is 4.55. The molecule has 0 atom stereocenters. The standard InChI is InChI=1S/C15H21N3O2/c1-19-10-8-18(9-11-20-2)14-6-5-13(16)15-12(14)4-3-7-17-15/h3-7H,8-11,16H2,1-2H3. The molecule has 1 aromatic carbocycles. The molecule has 0 saturated heterocycles. The van der Waals surface area contributed by atoms with Crippen molar-refractivity contribution < 1.29 is 9.47 Å². The van der Waals surface area contributed by atoms with Crippen molar-refractivity contribution in [2.45, 2.75) is 0 Å². The Morgan fingerprint density at radius 2 is 1.80 bits per heavy atom. The van der Waals surface area contributed by atoms with Crippen LogP contribution in [0, 0.1) is 0 Å². The molecule has 0 bridgehead atoms. The minimum absolute atomic E-state index is 0.663. The highest BCUT2D eigenvalue weighted by atomic mass is 16.5. The van der Waals surface area contributed by atoms with Crippen LogP contribution in [0.4, 0.5) is 11.4 Å². The van der Waals surface area contributed by atoms with Crippen molar-refractivity contribution in [2.24, 2.45) is 0 Å².